The number of carboxylic acid groups (broad SMARTS) is 1. The molecule has 2 aromatic rings. The maximum atomic E-state index is 10.6. The highest BCUT2D eigenvalue weighted by atomic mass is 16.4. The molecule has 0 aromatic heterocycles. The van der Waals surface area contributed by atoms with Crippen LogP contribution in [0.3, 0.4) is 0 Å². The Hall–Kier alpha value is -2.62. The number of rotatable bonds is 5. The summed E-state index contributed by atoms with van der Waals surface area (Å²) in [6.07, 6.45) is 0.454. The normalized spacial score (nSPS) is 10.0. The molecule has 0 aliphatic rings. The molecule has 102 valence electrons. The van der Waals surface area contributed by atoms with Crippen molar-refractivity contribution in [3.8, 4) is 11.1 Å². The smallest absolute Gasteiger partial charge is 0.404 e. The summed E-state index contributed by atoms with van der Waals surface area (Å²) in [5, 5.41) is 10.9. The van der Waals surface area contributed by atoms with Crippen LogP contribution >= 0.6 is 0 Å². The van der Waals surface area contributed by atoms with Gasteiger partial charge in [0.25, 0.3) is 0 Å². The summed E-state index contributed by atoms with van der Waals surface area (Å²) in [5.41, 5.74) is 3.80. The lowest BCUT2D eigenvalue weighted by molar-refractivity contribution is 0.112. The van der Waals surface area contributed by atoms with E-state index in [1.165, 1.54) is 0 Å². The fourth-order valence-corrected chi connectivity index (χ4v) is 1.97. The number of carbonyl (C=O) groups is 2. The maximum absolute atomic E-state index is 10.6. The van der Waals surface area contributed by atoms with Crippen molar-refractivity contribution in [2.24, 2.45) is 0 Å². The van der Waals surface area contributed by atoms with Crippen LogP contribution < -0.4 is 5.32 Å². The minimum atomic E-state index is -1.01. The minimum Gasteiger partial charge on any atom is -0.465 e. The lowest BCUT2D eigenvalue weighted by Crippen LogP contribution is -2.23. The van der Waals surface area contributed by atoms with Crippen molar-refractivity contribution in [3.05, 3.63) is 59.7 Å². The van der Waals surface area contributed by atoms with Crippen LogP contribution in [-0.4, -0.2) is 24.0 Å². The van der Waals surface area contributed by atoms with E-state index in [-0.39, 0.29) is 0 Å². The first kappa shape index (κ1) is 13.8. The van der Waals surface area contributed by atoms with Crippen LogP contribution in [0.1, 0.15) is 15.9 Å². The molecule has 0 saturated heterocycles. The molecule has 0 aliphatic heterocycles. The van der Waals surface area contributed by atoms with Gasteiger partial charge in [0.05, 0.1) is 0 Å². The number of amides is 1. The lowest BCUT2D eigenvalue weighted by atomic mass is 10.0. The van der Waals surface area contributed by atoms with Gasteiger partial charge in [-0.2, -0.15) is 0 Å². The number of aldehydes is 1. The van der Waals surface area contributed by atoms with Gasteiger partial charge < -0.3 is 10.4 Å². The third kappa shape index (κ3) is 3.68. The summed E-state index contributed by atoms with van der Waals surface area (Å²) in [4.78, 5) is 21.0. The van der Waals surface area contributed by atoms with E-state index in [9.17, 15) is 9.59 Å². The second-order valence-electron chi connectivity index (χ2n) is 4.42. The van der Waals surface area contributed by atoms with Gasteiger partial charge in [-0.15, -0.1) is 0 Å². The fourth-order valence-electron chi connectivity index (χ4n) is 1.97. The Morgan fingerprint density at radius 2 is 1.85 bits per heavy atom. The quantitative estimate of drug-likeness (QED) is 0.820. The van der Waals surface area contributed by atoms with E-state index in [4.69, 9.17) is 5.11 Å². The highest BCUT2D eigenvalue weighted by Crippen LogP contribution is 2.20. The predicted octanol–water partition coefficient (Wildman–Crippen LogP) is 2.98. The first-order valence-electron chi connectivity index (χ1n) is 6.30. The Morgan fingerprint density at radius 1 is 1.10 bits per heavy atom. The molecule has 2 N–H and O–H groups in total. The van der Waals surface area contributed by atoms with E-state index in [2.05, 4.69) is 5.32 Å². The molecular formula is C16H15NO3. The van der Waals surface area contributed by atoms with Gasteiger partial charge in [-0.1, -0.05) is 48.5 Å². The van der Waals surface area contributed by atoms with Gasteiger partial charge in [-0.05, 0) is 23.1 Å². The summed E-state index contributed by atoms with van der Waals surface area (Å²) in [6, 6.07) is 15.3. The van der Waals surface area contributed by atoms with Gasteiger partial charge in [0, 0.05) is 12.1 Å². The van der Waals surface area contributed by atoms with E-state index in [1.54, 1.807) is 12.1 Å². The van der Waals surface area contributed by atoms with Gasteiger partial charge >= 0.3 is 6.09 Å². The standard InChI is InChI=1S/C16H15NO3/c18-11-13-4-6-14(7-5-13)15-3-1-2-12(10-15)8-9-17-16(19)20/h1-7,10-11,17H,8-9H2,(H,19,20). The second kappa shape index (κ2) is 6.52. The molecule has 20 heavy (non-hydrogen) atoms. The first-order valence-corrected chi connectivity index (χ1v) is 6.30. The number of nitrogens with one attached hydrogen (secondary N) is 1. The summed E-state index contributed by atoms with van der Waals surface area (Å²) >= 11 is 0. The zero-order valence-corrected chi connectivity index (χ0v) is 10.9. The van der Waals surface area contributed by atoms with E-state index in [1.807, 2.05) is 36.4 Å². The highest BCUT2D eigenvalue weighted by Gasteiger charge is 2.01. The lowest BCUT2D eigenvalue weighted by Gasteiger charge is -2.06. The molecule has 0 atom stereocenters. The average Bonchev–Trinajstić information content (AvgIpc) is 2.47. The maximum Gasteiger partial charge on any atom is 0.404 e. The molecule has 4 heteroatoms. The van der Waals surface area contributed by atoms with E-state index < -0.39 is 6.09 Å². The Labute approximate surface area is 117 Å². The van der Waals surface area contributed by atoms with Crippen LogP contribution in [0.2, 0.25) is 0 Å². The summed E-state index contributed by atoms with van der Waals surface area (Å²) in [7, 11) is 0. The van der Waals surface area contributed by atoms with Crippen molar-refractivity contribution in [1.82, 2.24) is 5.32 Å². The topological polar surface area (TPSA) is 66.4 Å². The van der Waals surface area contributed by atoms with Crippen molar-refractivity contribution < 1.29 is 14.7 Å². The van der Waals surface area contributed by atoms with E-state index >= 15 is 0 Å². The molecular weight excluding hydrogens is 254 g/mol. The molecule has 0 radical (unpaired) electrons. The predicted molar refractivity (Wildman–Crippen MR) is 77.0 cm³/mol. The fraction of sp³-hybridized carbons (Fsp3) is 0.125. The monoisotopic (exact) mass is 269 g/mol. The molecule has 0 bridgehead atoms. The van der Waals surface area contributed by atoms with Gasteiger partial charge in [-0.3, -0.25) is 4.79 Å². The molecule has 2 rings (SSSR count). The zero-order chi connectivity index (χ0) is 14.4. The highest BCUT2D eigenvalue weighted by molar-refractivity contribution is 5.77. The Morgan fingerprint density at radius 3 is 2.50 bits per heavy atom. The Balaban J connectivity index is 2.11. The number of hydrogen-bond donors (Lipinski definition) is 2. The van der Waals surface area contributed by atoms with Gasteiger partial charge in [0.2, 0.25) is 0 Å². The molecule has 0 aliphatic carbocycles. The molecule has 0 heterocycles. The van der Waals surface area contributed by atoms with Crippen LogP contribution in [0.25, 0.3) is 11.1 Å². The summed E-state index contributed by atoms with van der Waals surface area (Å²) in [6.45, 7) is 0.392. The van der Waals surface area contributed by atoms with Crippen LogP contribution in [0, 0.1) is 0 Å². The Bertz CT molecular complexity index is 605. The van der Waals surface area contributed by atoms with Crippen molar-refractivity contribution in [1.29, 1.82) is 0 Å². The molecule has 0 unspecified atom stereocenters. The van der Waals surface area contributed by atoms with E-state index in [0.29, 0.717) is 18.5 Å². The molecule has 4 nitrogen and oxygen atoms in total. The molecule has 2 aromatic carbocycles. The van der Waals surface area contributed by atoms with Crippen LogP contribution in [-0.2, 0) is 6.42 Å². The third-order valence-corrected chi connectivity index (χ3v) is 3.00. The number of benzene rings is 2. The number of carbonyl (C=O) groups excluding carboxylic acids is 1. The summed E-state index contributed by atoms with van der Waals surface area (Å²) < 4.78 is 0. The van der Waals surface area contributed by atoms with E-state index in [0.717, 1.165) is 23.0 Å². The average molecular weight is 269 g/mol. The van der Waals surface area contributed by atoms with Gasteiger partial charge in [0.15, 0.2) is 0 Å². The second-order valence-corrected chi connectivity index (χ2v) is 4.42. The largest absolute Gasteiger partial charge is 0.465 e. The Kier molecular flexibility index (Phi) is 4.50. The summed E-state index contributed by atoms with van der Waals surface area (Å²) in [5.74, 6) is 0. The zero-order valence-electron chi connectivity index (χ0n) is 10.9. The molecule has 1 amide bonds. The SMILES string of the molecule is O=Cc1ccc(-c2cccc(CCNC(=O)O)c2)cc1. The number of hydrogen-bond acceptors (Lipinski definition) is 2. The van der Waals surface area contributed by atoms with Crippen molar-refractivity contribution in [2.75, 3.05) is 6.54 Å². The molecule has 0 saturated carbocycles. The van der Waals surface area contributed by atoms with Crippen molar-refractivity contribution in [3.63, 3.8) is 0 Å². The van der Waals surface area contributed by atoms with Crippen LogP contribution in [0.15, 0.2) is 48.5 Å². The first-order chi connectivity index (χ1) is 9.69. The van der Waals surface area contributed by atoms with Gasteiger partial charge in [0.1, 0.15) is 6.29 Å². The minimum absolute atomic E-state index is 0.392. The van der Waals surface area contributed by atoms with Crippen molar-refractivity contribution in [2.45, 2.75) is 6.42 Å². The van der Waals surface area contributed by atoms with Gasteiger partial charge in [-0.25, -0.2) is 4.79 Å². The molecule has 0 fully saturated rings. The van der Waals surface area contributed by atoms with Crippen LogP contribution in [0.4, 0.5) is 4.79 Å². The molecule has 0 spiro atoms. The third-order valence-electron chi connectivity index (χ3n) is 3.00. The van der Waals surface area contributed by atoms with Crippen molar-refractivity contribution >= 4 is 12.4 Å². The van der Waals surface area contributed by atoms with Crippen LogP contribution in [0.5, 0.6) is 0 Å².